The summed E-state index contributed by atoms with van der Waals surface area (Å²) in [4.78, 5) is 17.8. The molecule has 1 saturated heterocycles. The van der Waals surface area contributed by atoms with Crippen LogP contribution < -0.4 is 4.74 Å². The number of carbonyl (C=O) groups excluding carboxylic acids is 1. The van der Waals surface area contributed by atoms with Crippen molar-refractivity contribution in [2.75, 3.05) is 26.2 Å². The van der Waals surface area contributed by atoms with Gasteiger partial charge < -0.3 is 14.2 Å². The van der Waals surface area contributed by atoms with Gasteiger partial charge in [-0.3, -0.25) is 9.69 Å². The van der Waals surface area contributed by atoms with Crippen LogP contribution in [0.3, 0.4) is 0 Å². The summed E-state index contributed by atoms with van der Waals surface area (Å²) < 4.78 is 8.22. The predicted molar refractivity (Wildman–Crippen MR) is 119 cm³/mol. The Labute approximate surface area is 181 Å². The average molecular weight is 424 g/mol. The number of amides is 1. The zero-order valence-corrected chi connectivity index (χ0v) is 17.9. The SMILES string of the molecule is CC[C@H]1Cn2c(C(=O)N3CCN(Cc4ccccc4)CC3)cc3c(Cl)ccc(c32)O1. The van der Waals surface area contributed by atoms with Crippen molar-refractivity contribution in [1.29, 1.82) is 0 Å². The number of benzene rings is 2. The largest absolute Gasteiger partial charge is 0.486 e. The van der Waals surface area contributed by atoms with Crippen LogP contribution in [0, 0.1) is 0 Å². The predicted octanol–water partition coefficient (Wildman–Crippen LogP) is 4.42. The molecule has 0 unspecified atom stereocenters. The topological polar surface area (TPSA) is 37.7 Å². The number of halogens is 1. The molecule has 0 aliphatic carbocycles. The zero-order chi connectivity index (χ0) is 20.7. The third-order valence-electron chi connectivity index (χ3n) is 6.23. The van der Waals surface area contributed by atoms with E-state index in [1.54, 1.807) is 0 Å². The smallest absolute Gasteiger partial charge is 0.270 e. The summed E-state index contributed by atoms with van der Waals surface area (Å²) in [5, 5.41) is 1.56. The van der Waals surface area contributed by atoms with Crippen molar-refractivity contribution in [3.05, 3.63) is 64.8 Å². The molecule has 3 aromatic rings. The third kappa shape index (κ3) is 3.46. The quantitative estimate of drug-likeness (QED) is 0.623. The Morgan fingerprint density at radius 2 is 1.87 bits per heavy atom. The molecule has 3 heterocycles. The first-order valence-electron chi connectivity index (χ1n) is 10.7. The number of piperazine rings is 1. The summed E-state index contributed by atoms with van der Waals surface area (Å²) in [6.07, 6.45) is 0.969. The van der Waals surface area contributed by atoms with Gasteiger partial charge in [-0.25, -0.2) is 0 Å². The Kier molecular flexibility index (Phi) is 5.17. The lowest BCUT2D eigenvalue weighted by atomic mass is 10.2. The summed E-state index contributed by atoms with van der Waals surface area (Å²) in [5.74, 6) is 0.906. The van der Waals surface area contributed by atoms with Crippen LogP contribution in [0.25, 0.3) is 10.9 Å². The monoisotopic (exact) mass is 423 g/mol. The van der Waals surface area contributed by atoms with Gasteiger partial charge in [0.15, 0.2) is 0 Å². The molecule has 1 atom stereocenters. The molecule has 2 aliphatic heterocycles. The second kappa shape index (κ2) is 7.97. The van der Waals surface area contributed by atoms with Crippen molar-refractivity contribution in [3.8, 4) is 5.75 Å². The lowest BCUT2D eigenvalue weighted by Crippen LogP contribution is -2.48. The maximum Gasteiger partial charge on any atom is 0.270 e. The lowest BCUT2D eigenvalue weighted by molar-refractivity contribution is 0.0613. The van der Waals surface area contributed by atoms with Crippen LogP contribution in [0.4, 0.5) is 0 Å². The Morgan fingerprint density at radius 1 is 1.10 bits per heavy atom. The van der Waals surface area contributed by atoms with Crippen LogP contribution in [0.5, 0.6) is 5.75 Å². The normalized spacial score (nSPS) is 19.1. The highest BCUT2D eigenvalue weighted by Crippen LogP contribution is 2.38. The van der Waals surface area contributed by atoms with E-state index in [0.717, 1.165) is 61.5 Å². The molecule has 2 aromatic carbocycles. The van der Waals surface area contributed by atoms with Crippen LogP contribution in [0.15, 0.2) is 48.5 Å². The molecule has 0 spiro atoms. The molecule has 1 aromatic heterocycles. The van der Waals surface area contributed by atoms with E-state index in [4.69, 9.17) is 16.3 Å². The van der Waals surface area contributed by atoms with E-state index in [1.807, 2.05) is 29.2 Å². The lowest BCUT2D eigenvalue weighted by Gasteiger charge is -2.35. The highest BCUT2D eigenvalue weighted by Gasteiger charge is 2.30. The van der Waals surface area contributed by atoms with Crippen molar-refractivity contribution in [1.82, 2.24) is 14.4 Å². The second-order valence-electron chi connectivity index (χ2n) is 8.15. The molecule has 1 amide bonds. The molecule has 5 nitrogen and oxygen atoms in total. The number of ether oxygens (including phenoxy) is 1. The van der Waals surface area contributed by atoms with Gasteiger partial charge in [-0.15, -0.1) is 0 Å². The van der Waals surface area contributed by atoms with E-state index in [1.165, 1.54) is 5.56 Å². The first kappa shape index (κ1) is 19.5. The van der Waals surface area contributed by atoms with Crippen molar-refractivity contribution >= 4 is 28.4 Å². The molecule has 0 radical (unpaired) electrons. The van der Waals surface area contributed by atoms with Gasteiger partial charge in [0.1, 0.15) is 17.5 Å². The van der Waals surface area contributed by atoms with E-state index in [9.17, 15) is 4.79 Å². The van der Waals surface area contributed by atoms with E-state index >= 15 is 0 Å². The number of rotatable bonds is 4. The average Bonchev–Trinajstić information content (AvgIpc) is 3.18. The molecular weight excluding hydrogens is 398 g/mol. The fraction of sp³-hybridized carbons (Fsp3) is 0.375. The minimum absolute atomic E-state index is 0.0727. The second-order valence-corrected chi connectivity index (χ2v) is 8.56. The Bertz CT molecular complexity index is 1070. The van der Waals surface area contributed by atoms with Crippen molar-refractivity contribution in [3.63, 3.8) is 0 Å². The maximum atomic E-state index is 13.5. The summed E-state index contributed by atoms with van der Waals surface area (Å²) in [7, 11) is 0. The number of hydrogen-bond donors (Lipinski definition) is 0. The molecule has 6 heteroatoms. The van der Waals surface area contributed by atoms with Crippen molar-refractivity contribution in [2.45, 2.75) is 32.5 Å². The van der Waals surface area contributed by atoms with E-state index < -0.39 is 0 Å². The molecule has 0 bridgehead atoms. The van der Waals surface area contributed by atoms with E-state index in [-0.39, 0.29) is 12.0 Å². The van der Waals surface area contributed by atoms with Gasteiger partial charge in [-0.1, -0.05) is 48.9 Å². The van der Waals surface area contributed by atoms with Crippen LogP contribution in [0.1, 0.15) is 29.4 Å². The van der Waals surface area contributed by atoms with E-state index in [2.05, 4.69) is 40.7 Å². The Hall–Kier alpha value is -2.50. The van der Waals surface area contributed by atoms with Crippen molar-refractivity contribution in [2.24, 2.45) is 0 Å². The fourth-order valence-electron chi connectivity index (χ4n) is 4.52. The summed E-state index contributed by atoms with van der Waals surface area (Å²) >= 11 is 6.45. The first-order chi connectivity index (χ1) is 14.6. The summed E-state index contributed by atoms with van der Waals surface area (Å²) in [6.45, 7) is 6.96. The molecule has 30 heavy (non-hydrogen) atoms. The van der Waals surface area contributed by atoms with Gasteiger partial charge in [-0.2, -0.15) is 0 Å². The first-order valence-corrected chi connectivity index (χ1v) is 11.1. The molecule has 156 valence electrons. The van der Waals surface area contributed by atoms with Crippen LogP contribution in [-0.2, 0) is 13.1 Å². The fourth-order valence-corrected chi connectivity index (χ4v) is 4.73. The standard InChI is InChI=1S/C24H26ClN3O2/c1-2-18-16-28-21(14-19-20(25)8-9-22(30-18)23(19)28)24(29)27-12-10-26(11-13-27)15-17-6-4-3-5-7-17/h3-9,14,18H,2,10-13,15-16H2,1H3/t18-/m0/s1. The number of carbonyl (C=O) groups is 1. The van der Waals surface area contributed by atoms with Crippen molar-refractivity contribution < 1.29 is 9.53 Å². The maximum absolute atomic E-state index is 13.5. The van der Waals surface area contributed by atoms with Crippen LogP contribution in [0.2, 0.25) is 5.02 Å². The number of hydrogen-bond acceptors (Lipinski definition) is 3. The van der Waals surface area contributed by atoms with Gasteiger partial charge >= 0.3 is 0 Å². The molecular formula is C24H26ClN3O2. The van der Waals surface area contributed by atoms with Gasteiger partial charge in [0, 0.05) is 38.1 Å². The van der Waals surface area contributed by atoms with Crippen LogP contribution in [-0.4, -0.2) is 52.6 Å². The van der Waals surface area contributed by atoms with E-state index in [0.29, 0.717) is 11.6 Å². The minimum Gasteiger partial charge on any atom is -0.486 e. The molecule has 5 rings (SSSR count). The third-order valence-corrected chi connectivity index (χ3v) is 6.56. The number of nitrogens with zero attached hydrogens (tertiary/aromatic N) is 3. The summed E-state index contributed by atoms with van der Waals surface area (Å²) in [5.41, 5.74) is 2.98. The minimum atomic E-state index is 0.0727. The van der Waals surface area contributed by atoms with Gasteiger partial charge in [-0.05, 0) is 30.2 Å². The van der Waals surface area contributed by atoms with Gasteiger partial charge in [0.2, 0.25) is 0 Å². The molecule has 2 aliphatic rings. The molecule has 0 saturated carbocycles. The molecule has 1 fully saturated rings. The highest BCUT2D eigenvalue weighted by molar-refractivity contribution is 6.36. The van der Waals surface area contributed by atoms with Crippen LogP contribution >= 0.6 is 11.6 Å². The molecule has 0 N–H and O–H groups in total. The Balaban J connectivity index is 1.36. The number of aromatic nitrogens is 1. The van der Waals surface area contributed by atoms with Gasteiger partial charge in [0.05, 0.1) is 17.1 Å². The Morgan fingerprint density at radius 3 is 2.60 bits per heavy atom. The highest BCUT2D eigenvalue weighted by atomic mass is 35.5. The zero-order valence-electron chi connectivity index (χ0n) is 17.2. The van der Waals surface area contributed by atoms with Gasteiger partial charge in [0.25, 0.3) is 5.91 Å². The summed E-state index contributed by atoms with van der Waals surface area (Å²) in [6, 6.07) is 16.2.